The summed E-state index contributed by atoms with van der Waals surface area (Å²) < 4.78 is 5.23. The lowest BCUT2D eigenvalue weighted by Gasteiger charge is -1.99. The van der Waals surface area contributed by atoms with E-state index < -0.39 is 0 Å². The third kappa shape index (κ3) is 3.09. The fraction of sp³-hybridized carbons (Fsp3) is 0.231. The molecular formula is C13H18O. The van der Waals surface area contributed by atoms with Crippen LogP contribution in [-0.4, -0.2) is 0 Å². The molecule has 1 aromatic rings. The van der Waals surface area contributed by atoms with Gasteiger partial charge in [-0.3, -0.25) is 0 Å². The SMILES string of the molecule is C=C/C(C)=C(\C=C)c1ccco1.CC. The van der Waals surface area contributed by atoms with E-state index in [1.165, 1.54) is 0 Å². The minimum atomic E-state index is 0.836. The molecule has 0 aromatic carbocycles. The van der Waals surface area contributed by atoms with Crippen LogP contribution in [-0.2, 0) is 0 Å². The summed E-state index contributed by atoms with van der Waals surface area (Å²) >= 11 is 0. The Bertz CT molecular complexity index is 302. The van der Waals surface area contributed by atoms with E-state index in [0.717, 1.165) is 16.9 Å². The van der Waals surface area contributed by atoms with Crippen LogP contribution in [0.5, 0.6) is 0 Å². The van der Waals surface area contributed by atoms with Crippen LogP contribution in [0.1, 0.15) is 26.5 Å². The Morgan fingerprint density at radius 1 is 1.29 bits per heavy atom. The van der Waals surface area contributed by atoms with E-state index in [4.69, 9.17) is 4.42 Å². The molecule has 14 heavy (non-hydrogen) atoms. The van der Waals surface area contributed by atoms with Gasteiger partial charge in [0, 0.05) is 5.57 Å². The maximum atomic E-state index is 5.23. The van der Waals surface area contributed by atoms with E-state index in [1.807, 2.05) is 32.9 Å². The summed E-state index contributed by atoms with van der Waals surface area (Å²) in [4.78, 5) is 0. The van der Waals surface area contributed by atoms with E-state index in [1.54, 1.807) is 18.4 Å². The molecule has 1 rings (SSSR count). The van der Waals surface area contributed by atoms with Gasteiger partial charge in [0.15, 0.2) is 0 Å². The fourth-order valence-corrected chi connectivity index (χ4v) is 0.998. The van der Waals surface area contributed by atoms with Gasteiger partial charge in [-0.15, -0.1) is 0 Å². The first-order valence-corrected chi connectivity index (χ1v) is 4.79. The molecule has 0 aliphatic heterocycles. The highest BCUT2D eigenvalue weighted by Gasteiger charge is 2.01. The zero-order valence-electron chi connectivity index (χ0n) is 9.21. The minimum Gasteiger partial charge on any atom is -0.464 e. The van der Waals surface area contributed by atoms with Gasteiger partial charge in [-0.1, -0.05) is 39.2 Å². The second kappa shape index (κ2) is 6.96. The first kappa shape index (κ1) is 12.5. The topological polar surface area (TPSA) is 13.1 Å². The number of furan rings is 1. The van der Waals surface area contributed by atoms with E-state index in [-0.39, 0.29) is 0 Å². The monoisotopic (exact) mass is 190 g/mol. The van der Waals surface area contributed by atoms with Crippen molar-refractivity contribution >= 4 is 5.57 Å². The lowest BCUT2D eigenvalue weighted by molar-refractivity contribution is 0.554. The first-order valence-electron chi connectivity index (χ1n) is 4.79. The summed E-state index contributed by atoms with van der Waals surface area (Å²) in [5, 5.41) is 0. The Kier molecular flexibility index (Phi) is 6.21. The highest BCUT2D eigenvalue weighted by atomic mass is 16.3. The Balaban J connectivity index is 0.000000791. The molecule has 1 heterocycles. The van der Waals surface area contributed by atoms with Gasteiger partial charge in [0.1, 0.15) is 5.76 Å². The lowest BCUT2D eigenvalue weighted by Crippen LogP contribution is -1.79. The van der Waals surface area contributed by atoms with Crippen LogP contribution >= 0.6 is 0 Å². The molecule has 0 radical (unpaired) electrons. The normalized spacial score (nSPS) is 10.8. The molecule has 0 N–H and O–H groups in total. The van der Waals surface area contributed by atoms with Crippen molar-refractivity contribution in [2.24, 2.45) is 0 Å². The van der Waals surface area contributed by atoms with Gasteiger partial charge < -0.3 is 4.42 Å². The van der Waals surface area contributed by atoms with E-state index in [0.29, 0.717) is 0 Å². The largest absolute Gasteiger partial charge is 0.464 e. The van der Waals surface area contributed by atoms with Gasteiger partial charge in [-0.2, -0.15) is 0 Å². The Hall–Kier alpha value is -1.50. The van der Waals surface area contributed by atoms with Crippen molar-refractivity contribution in [3.63, 3.8) is 0 Å². The van der Waals surface area contributed by atoms with Crippen molar-refractivity contribution in [2.45, 2.75) is 20.8 Å². The third-order valence-electron chi connectivity index (χ3n) is 1.72. The van der Waals surface area contributed by atoms with Crippen LogP contribution < -0.4 is 0 Å². The molecule has 0 aliphatic carbocycles. The predicted octanol–water partition coefficient (Wildman–Crippen LogP) is 4.45. The van der Waals surface area contributed by atoms with Crippen LogP contribution in [0.4, 0.5) is 0 Å². The van der Waals surface area contributed by atoms with E-state index >= 15 is 0 Å². The van der Waals surface area contributed by atoms with Crippen molar-refractivity contribution in [1.29, 1.82) is 0 Å². The van der Waals surface area contributed by atoms with E-state index in [9.17, 15) is 0 Å². The number of allylic oxidation sites excluding steroid dienone is 4. The van der Waals surface area contributed by atoms with Crippen molar-refractivity contribution in [2.75, 3.05) is 0 Å². The molecule has 0 saturated heterocycles. The average molecular weight is 190 g/mol. The Labute approximate surface area is 86.4 Å². The molecule has 0 atom stereocenters. The van der Waals surface area contributed by atoms with Gasteiger partial charge >= 0.3 is 0 Å². The summed E-state index contributed by atoms with van der Waals surface area (Å²) in [6, 6.07) is 3.76. The molecule has 1 aromatic heterocycles. The second-order valence-electron chi connectivity index (χ2n) is 2.48. The van der Waals surface area contributed by atoms with Gasteiger partial charge in [-0.05, 0) is 24.6 Å². The summed E-state index contributed by atoms with van der Waals surface area (Å²) in [7, 11) is 0. The quantitative estimate of drug-likeness (QED) is 0.642. The van der Waals surface area contributed by atoms with Crippen LogP contribution in [0.25, 0.3) is 5.57 Å². The van der Waals surface area contributed by atoms with Crippen LogP contribution in [0.3, 0.4) is 0 Å². The van der Waals surface area contributed by atoms with Crippen molar-refractivity contribution in [3.8, 4) is 0 Å². The summed E-state index contributed by atoms with van der Waals surface area (Å²) in [6.45, 7) is 13.4. The maximum absolute atomic E-state index is 5.23. The summed E-state index contributed by atoms with van der Waals surface area (Å²) in [6.07, 6.45) is 5.21. The molecule has 0 spiro atoms. The van der Waals surface area contributed by atoms with Crippen molar-refractivity contribution in [3.05, 3.63) is 55.0 Å². The summed E-state index contributed by atoms with van der Waals surface area (Å²) in [5.74, 6) is 0.836. The number of hydrogen-bond donors (Lipinski definition) is 0. The zero-order valence-corrected chi connectivity index (χ0v) is 9.21. The van der Waals surface area contributed by atoms with Gasteiger partial charge in [-0.25, -0.2) is 0 Å². The van der Waals surface area contributed by atoms with Crippen LogP contribution in [0, 0.1) is 0 Å². The van der Waals surface area contributed by atoms with Crippen molar-refractivity contribution in [1.82, 2.24) is 0 Å². The number of hydrogen-bond acceptors (Lipinski definition) is 1. The molecule has 0 aliphatic rings. The predicted molar refractivity (Wildman–Crippen MR) is 63.0 cm³/mol. The molecule has 1 nitrogen and oxygen atoms in total. The maximum Gasteiger partial charge on any atom is 0.134 e. The zero-order chi connectivity index (χ0) is 11.0. The molecule has 76 valence electrons. The minimum absolute atomic E-state index is 0.836. The first-order chi connectivity index (χ1) is 6.79. The van der Waals surface area contributed by atoms with Gasteiger partial charge in [0.25, 0.3) is 0 Å². The van der Waals surface area contributed by atoms with E-state index in [2.05, 4.69) is 13.2 Å². The molecule has 0 unspecified atom stereocenters. The molecule has 0 saturated carbocycles. The standard InChI is InChI=1S/C11H12O.C2H6/c1-4-9(3)10(5-2)11-7-6-8-12-11;1-2/h4-8H,1-2H2,3H3;1-2H3/b10-9+;. The molecular weight excluding hydrogens is 172 g/mol. The average Bonchev–Trinajstić information content (AvgIpc) is 2.75. The van der Waals surface area contributed by atoms with Gasteiger partial charge in [0.2, 0.25) is 0 Å². The molecule has 1 heteroatoms. The molecule has 0 fully saturated rings. The lowest BCUT2D eigenvalue weighted by atomic mass is 10.1. The fourth-order valence-electron chi connectivity index (χ4n) is 0.998. The smallest absolute Gasteiger partial charge is 0.134 e. The summed E-state index contributed by atoms with van der Waals surface area (Å²) in [5.41, 5.74) is 2.06. The highest BCUT2D eigenvalue weighted by molar-refractivity contribution is 5.74. The third-order valence-corrected chi connectivity index (χ3v) is 1.72. The highest BCUT2D eigenvalue weighted by Crippen LogP contribution is 2.20. The molecule has 0 amide bonds. The van der Waals surface area contributed by atoms with Crippen LogP contribution in [0.2, 0.25) is 0 Å². The Morgan fingerprint density at radius 2 is 1.93 bits per heavy atom. The number of rotatable bonds is 3. The van der Waals surface area contributed by atoms with Gasteiger partial charge in [0.05, 0.1) is 6.26 Å². The van der Waals surface area contributed by atoms with Crippen LogP contribution in [0.15, 0.2) is 53.7 Å². The van der Waals surface area contributed by atoms with Crippen molar-refractivity contribution < 1.29 is 4.42 Å². The second-order valence-corrected chi connectivity index (χ2v) is 2.48. The molecule has 0 bridgehead atoms. The Morgan fingerprint density at radius 3 is 2.29 bits per heavy atom.